The summed E-state index contributed by atoms with van der Waals surface area (Å²) in [6.45, 7) is 4.16. The van der Waals surface area contributed by atoms with Crippen LogP contribution < -0.4 is 10.1 Å². The van der Waals surface area contributed by atoms with Crippen LogP contribution in [0.2, 0.25) is 0 Å². The number of pyridine rings is 1. The van der Waals surface area contributed by atoms with Crippen LogP contribution in [0.15, 0.2) is 17.8 Å². The molecular weight excluding hydrogens is 260 g/mol. The summed E-state index contributed by atoms with van der Waals surface area (Å²) in [6.07, 6.45) is 11.7. The smallest absolute Gasteiger partial charge is 0.128 e. The molecule has 0 fully saturated rings. The third-order valence-corrected chi connectivity index (χ3v) is 4.49. The van der Waals surface area contributed by atoms with E-state index < -0.39 is 0 Å². The van der Waals surface area contributed by atoms with Gasteiger partial charge in [0.15, 0.2) is 0 Å². The highest BCUT2D eigenvalue weighted by atomic mass is 16.5. The molecule has 1 aliphatic carbocycles. The number of methoxy groups -OCH3 is 1. The van der Waals surface area contributed by atoms with Crippen molar-refractivity contribution in [1.82, 2.24) is 10.3 Å². The first-order valence-electron chi connectivity index (χ1n) is 8.00. The molecular formula is C18H28N2O. The Morgan fingerprint density at radius 2 is 2.10 bits per heavy atom. The second kappa shape index (κ2) is 7.60. The second-order valence-electron chi connectivity index (χ2n) is 6.05. The first kappa shape index (κ1) is 16.0. The van der Waals surface area contributed by atoms with Gasteiger partial charge in [-0.2, -0.15) is 0 Å². The molecule has 1 N–H and O–H groups in total. The summed E-state index contributed by atoms with van der Waals surface area (Å²) >= 11 is 0. The fourth-order valence-electron chi connectivity index (χ4n) is 3.19. The Balaban J connectivity index is 2.09. The highest BCUT2D eigenvalue weighted by Gasteiger charge is 2.16. The molecule has 0 aromatic carbocycles. The van der Waals surface area contributed by atoms with E-state index in [0.717, 1.165) is 29.8 Å². The summed E-state index contributed by atoms with van der Waals surface area (Å²) in [4.78, 5) is 4.63. The van der Waals surface area contributed by atoms with E-state index >= 15 is 0 Å². The zero-order valence-electron chi connectivity index (χ0n) is 13.8. The monoisotopic (exact) mass is 288 g/mol. The molecule has 21 heavy (non-hydrogen) atoms. The number of rotatable bonds is 6. The topological polar surface area (TPSA) is 34.2 Å². The predicted molar refractivity (Wildman–Crippen MR) is 88.0 cm³/mol. The van der Waals surface area contributed by atoms with Gasteiger partial charge in [-0.3, -0.25) is 4.98 Å². The van der Waals surface area contributed by atoms with Crippen LogP contribution in [0.1, 0.15) is 48.9 Å². The van der Waals surface area contributed by atoms with Crippen molar-refractivity contribution in [2.75, 3.05) is 14.2 Å². The van der Waals surface area contributed by atoms with Crippen LogP contribution >= 0.6 is 0 Å². The number of likely N-dealkylation sites (N-methyl/N-ethyl adjacent to an activating group) is 1. The van der Waals surface area contributed by atoms with E-state index in [1.54, 1.807) is 12.7 Å². The molecule has 0 radical (unpaired) electrons. The van der Waals surface area contributed by atoms with Crippen LogP contribution in [0.25, 0.3) is 0 Å². The molecule has 0 amide bonds. The number of aryl methyl sites for hydroxylation is 1. The average Bonchev–Trinajstić information content (AvgIpc) is 2.50. The molecule has 116 valence electrons. The molecule has 1 aliphatic rings. The molecule has 1 heterocycles. The van der Waals surface area contributed by atoms with E-state index in [0.29, 0.717) is 6.04 Å². The third kappa shape index (κ3) is 4.07. The van der Waals surface area contributed by atoms with Crippen molar-refractivity contribution in [2.45, 2.75) is 58.4 Å². The van der Waals surface area contributed by atoms with Gasteiger partial charge in [0, 0.05) is 35.5 Å². The average molecular weight is 288 g/mol. The summed E-state index contributed by atoms with van der Waals surface area (Å²) in [5, 5.41) is 3.46. The van der Waals surface area contributed by atoms with Gasteiger partial charge in [0.2, 0.25) is 0 Å². The molecule has 0 spiro atoms. The fraction of sp³-hybridized carbons (Fsp3) is 0.611. The summed E-state index contributed by atoms with van der Waals surface area (Å²) in [5.41, 5.74) is 5.04. The van der Waals surface area contributed by atoms with Crippen molar-refractivity contribution < 1.29 is 4.74 Å². The van der Waals surface area contributed by atoms with Crippen LogP contribution in [0.5, 0.6) is 5.75 Å². The normalized spacial score (nSPS) is 16.5. The first-order chi connectivity index (χ1) is 10.2. The van der Waals surface area contributed by atoms with Crippen LogP contribution in [-0.4, -0.2) is 25.2 Å². The number of hydrogen-bond acceptors (Lipinski definition) is 3. The van der Waals surface area contributed by atoms with Crippen molar-refractivity contribution in [2.24, 2.45) is 0 Å². The summed E-state index contributed by atoms with van der Waals surface area (Å²) in [7, 11) is 3.79. The number of hydrogen-bond donors (Lipinski definition) is 1. The lowest BCUT2D eigenvalue weighted by Crippen LogP contribution is -2.29. The lowest BCUT2D eigenvalue weighted by Gasteiger charge is -2.21. The lowest BCUT2D eigenvalue weighted by molar-refractivity contribution is 0.406. The highest BCUT2D eigenvalue weighted by molar-refractivity contribution is 5.41. The van der Waals surface area contributed by atoms with Crippen molar-refractivity contribution in [3.63, 3.8) is 0 Å². The molecule has 1 aromatic rings. The Morgan fingerprint density at radius 3 is 2.71 bits per heavy atom. The van der Waals surface area contributed by atoms with Gasteiger partial charge >= 0.3 is 0 Å². The fourth-order valence-corrected chi connectivity index (χ4v) is 3.19. The summed E-state index contributed by atoms with van der Waals surface area (Å²) in [5.74, 6) is 0.978. The van der Waals surface area contributed by atoms with Crippen molar-refractivity contribution in [3.05, 3.63) is 34.7 Å². The SMILES string of the molecule is CNC(CC1=CCCCC1)Cc1ncc(C)c(OC)c1C. The van der Waals surface area contributed by atoms with E-state index in [1.165, 1.54) is 31.2 Å². The number of allylic oxidation sites excluding steroid dienone is 1. The van der Waals surface area contributed by atoms with E-state index in [2.05, 4.69) is 30.3 Å². The Kier molecular flexibility index (Phi) is 5.80. The summed E-state index contributed by atoms with van der Waals surface area (Å²) < 4.78 is 5.51. The molecule has 1 atom stereocenters. The van der Waals surface area contributed by atoms with Crippen molar-refractivity contribution in [3.8, 4) is 5.75 Å². The molecule has 3 nitrogen and oxygen atoms in total. The summed E-state index contributed by atoms with van der Waals surface area (Å²) in [6, 6.07) is 0.452. The maximum Gasteiger partial charge on any atom is 0.128 e. The number of nitrogens with one attached hydrogen (secondary N) is 1. The van der Waals surface area contributed by atoms with Gasteiger partial charge in [-0.15, -0.1) is 0 Å². The Hall–Kier alpha value is -1.35. The van der Waals surface area contributed by atoms with Crippen LogP contribution in [-0.2, 0) is 6.42 Å². The van der Waals surface area contributed by atoms with Gasteiger partial charge in [0.1, 0.15) is 5.75 Å². The maximum absolute atomic E-state index is 5.51. The van der Waals surface area contributed by atoms with Gasteiger partial charge in [-0.05, 0) is 53.0 Å². The second-order valence-corrected chi connectivity index (χ2v) is 6.05. The van der Waals surface area contributed by atoms with Gasteiger partial charge in [0.05, 0.1) is 7.11 Å². The quantitative estimate of drug-likeness (QED) is 0.810. The molecule has 0 saturated carbocycles. The van der Waals surface area contributed by atoms with Crippen molar-refractivity contribution in [1.29, 1.82) is 0 Å². The van der Waals surface area contributed by atoms with Gasteiger partial charge in [0.25, 0.3) is 0 Å². The minimum atomic E-state index is 0.452. The third-order valence-electron chi connectivity index (χ3n) is 4.49. The van der Waals surface area contributed by atoms with Crippen LogP contribution in [0.4, 0.5) is 0 Å². The van der Waals surface area contributed by atoms with Crippen LogP contribution in [0.3, 0.4) is 0 Å². The molecule has 0 bridgehead atoms. The van der Waals surface area contributed by atoms with Gasteiger partial charge in [-0.25, -0.2) is 0 Å². The molecule has 1 unspecified atom stereocenters. The van der Waals surface area contributed by atoms with Gasteiger partial charge < -0.3 is 10.1 Å². The Bertz CT molecular complexity index is 508. The number of nitrogens with zero attached hydrogens (tertiary/aromatic N) is 1. The van der Waals surface area contributed by atoms with Crippen LogP contribution in [0, 0.1) is 13.8 Å². The first-order valence-corrected chi connectivity index (χ1v) is 8.00. The maximum atomic E-state index is 5.51. The number of ether oxygens (including phenoxy) is 1. The zero-order chi connectivity index (χ0) is 15.2. The minimum absolute atomic E-state index is 0.452. The van der Waals surface area contributed by atoms with Gasteiger partial charge in [-0.1, -0.05) is 11.6 Å². The largest absolute Gasteiger partial charge is 0.496 e. The molecule has 3 heteroatoms. The van der Waals surface area contributed by atoms with E-state index in [4.69, 9.17) is 4.74 Å². The highest BCUT2D eigenvalue weighted by Crippen LogP contribution is 2.26. The van der Waals surface area contributed by atoms with E-state index in [1.807, 2.05) is 13.1 Å². The Morgan fingerprint density at radius 1 is 1.29 bits per heavy atom. The Labute approximate surface area is 128 Å². The van der Waals surface area contributed by atoms with E-state index in [-0.39, 0.29) is 0 Å². The molecule has 0 saturated heterocycles. The zero-order valence-corrected chi connectivity index (χ0v) is 13.8. The standard InChI is InChI=1S/C18H28N2O/c1-13-12-20-17(14(2)18(13)21-4)11-16(19-3)10-15-8-6-5-7-9-15/h8,12,16,19H,5-7,9-11H2,1-4H3. The molecule has 0 aliphatic heterocycles. The van der Waals surface area contributed by atoms with E-state index in [9.17, 15) is 0 Å². The molecule has 1 aromatic heterocycles. The lowest BCUT2D eigenvalue weighted by atomic mass is 9.92. The van der Waals surface area contributed by atoms with Crippen molar-refractivity contribution >= 4 is 0 Å². The minimum Gasteiger partial charge on any atom is -0.496 e. The predicted octanol–water partition coefficient (Wildman–Crippen LogP) is 3.73. The molecule has 2 rings (SSSR count). The number of aromatic nitrogens is 1.